The molecule has 0 aliphatic heterocycles. The van der Waals surface area contributed by atoms with Crippen LogP contribution < -0.4 is 5.32 Å². The van der Waals surface area contributed by atoms with Gasteiger partial charge in [-0.25, -0.2) is 9.97 Å². The van der Waals surface area contributed by atoms with Crippen LogP contribution in [-0.4, -0.2) is 22.7 Å². The first kappa shape index (κ1) is 22.1. The summed E-state index contributed by atoms with van der Waals surface area (Å²) in [6.07, 6.45) is 2.47. The summed E-state index contributed by atoms with van der Waals surface area (Å²) in [5.41, 5.74) is 6.09. The molecule has 0 amide bonds. The Bertz CT molecular complexity index is 1090. The van der Waals surface area contributed by atoms with Crippen molar-refractivity contribution in [2.45, 2.75) is 52.2 Å². The predicted molar refractivity (Wildman–Crippen MR) is 128 cm³/mol. The van der Waals surface area contributed by atoms with Gasteiger partial charge in [0.05, 0.1) is 34.3 Å². The van der Waals surface area contributed by atoms with Crippen LogP contribution in [-0.2, 0) is 24.0 Å². The largest absolute Gasteiger partial charge is 0.376 e. The molecule has 2 atom stereocenters. The van der Waals surface area contributed by atoms with Crippen molar-refractivity contribution in [3.05, 3.63) is 75.0 Å². The summed E-state index contributed by atoms with van der Waals surface area (Å²) in [4.78, 5) is 10.0. The van der Waals surface area contributed by atoms with Crippen LogP contribution in [0.25, 0.3) is 11.3 Å². The molecule has 2 aromatic carbocycles. The number of rotatable bonds is 7. The summed E-state index contributed by atoms with van der Waals surface area (Å²) in [6.45, 7) is 6.89. The molecular weight excluding hydrogens is 429 g/mol. The molecule has 3 aromatic rings. The molecule has 1 aliphatic carbocycles. The van der Waals surface area contributed by atoms with Gasteiger partial charge in [0.1, 0.15) is 5.82 Å². The van der Waals surface area contributed by atoms with E-state index in [1.165, 1.54) is 11.1 Å². The molecule has 0 bridgehead atoms. The lowest BCUT2D eigenvalue weighted by molar-refractivity contribution is 0.0573. The molecule has 0 fully saturated rings. The summed E-state index contributed by atoms with van der Waals surface area (Å²) in [5, 5.41) is 4.87. The molecule has 1 aromatic heterocycles. The van der Waals surface area contributed by atoms with Crippen molar-refractivity contribution in [1.29, 1.82) is 0 Å². The van der Waals surface area contributed by atoms with Crippen molar-refractivity contribution in [2.24, 2.45) is 0 Å². The number of hydrogen-bond acceptors (Lipinski definition) is 4. The SMILES string of the molecule is CCO[C@@H]1Cc2ccccc2C1Nc1nc(CC)c(-c2ccc(Cl)cc2Cl)nc1CC. The van der Waals surface area contributed by atoms with Gasteiger partial charge in [-0.2, -0.15) is 0 Å². The van der Waals surface area contributed by atoms with E-state index in [-0.39, 0.29) is 12.1 Å². The van der Waals surface area contributed by atoms with Crippen LogP contribution >= 0.6 is 23.2 Å². The Morgan fingerprint density at radius 2 is 1.77 bits per heavy atom. The lowest BCUT2D eigenvalue weighted by Crippen LogP contribution is -2.26. The zero-order valence-corrected chi connectivity index (χ0v) is 19.6. The highest BCUT2D eigenvalue weighted by atomic mass is 35.5. The molecule has 4 rings (SSSR count). The topological polar surface area (TPSA) is 47.0 Å². The Morgan fingerprint density at radius 1 is 1.00 bits per heavy atom. The number of fused-ring (bicyclic) bond motifs is 1. The summed E-state index contributed by atoms with van der Waals surface area (Å²) < 4.78 is 6.08. The molecule has 1 aliphatic rings. The second kappa shape index (κ2) is 9.56. The van der Waals surface area contributed by atoms with Crippen LogP contribution in [0.1, 0.15) is 49.3 Å². The first-order valence-corrected chi connectivity index (χ1v) is 11.6. The molecule has 6 heteroatoms. The van der Waals surface area contributed by atoms with Crippen molar-refractivity contribution in [2.75, 3.05) is 11.9 Å². The van der Waals surface area contributed by atoms with Crippen molar-refractivity contribution in [3.8, 4) is 11.3 Å². The van der Waals surface area contributed by atoms with E-state index in [0.717, 1.165) is 47.7 Å². The number of nitrogens with zero attached hydrogens (tertiary/aromatic N) is 2. The van der Waals surface area contributed by atoms with Gasteiger partial charge in [-0.3, -0.25) is 0 Å². The van der Waals surface area contributed by atoms with E-state index in [1.807, 2.05) is 19.1 Å². The minimum atomic E-state index is 0.0467. The Labute approximate surface area is 194 Å². The third kappa shape index (κ3) is 4.43. The number of hydrogen-bond donors (Lipinski definition) is 1. The Morgan fingerprint density at radius 3 is 2.48 bits per heavy atom. The number of ether oxygens (including phenoxy) is 1. The number of benzene rings is 2. The zero-order chi connectivity index (χ0) is 22.0. The van der Waals surface area contributed by atoms with E-state index in [1.54, 1.807) is 6.07 Å². The fraction of sp³-hybridized carbons (Fsp3) is 0.360. The van der Waals surface area contributed by atoms with Gasteiger partial charge in [-0.1, -0.05) is 61.3 Å². The number of halogens is 2. The maximum atomic E-state index is 6.49. The molecule has 31 heavy (non-hydrogen) atoms. The molecule has 0 saturated carbocycles. The third-order valence-corrected chi connectivity index (χ3v) is 6.30. The summed E-state index contributed by atoms with van der Waals surface area (Å²) in [5.74, 6) is 0.819. The van der Waals surface area contributed by atoms with Crippen LogP contribution in [0.5, 0.6) is 0 Å². The highest BCUT2D eigenvalue weighted by Crippen LogP contribution is 2.37. The Kier molecular flexibility index (Phi) is 6.80. The molecule has 0 spiro atoms. The molecule has 1 heterocycles. The molecule has 4 nitrogen and oxygen atoms in total. The average molecular weight is 456 g/mol. The minimum absolute atomic E-state index is 0.0467. The van der Waals surface area contributed by atoms with E-state index < -0.39 is 0 Å². The van der Waals surface area contributed by atoms with E-state index in [4.69, 9.17) is 37.9 Å². The van der Waals surface area contributed by atoms with Crippen LogP contribution in [0.3, 0.4) is 0 Å². The lowest BCUT2D eigenvalue weighted by atomic mass is 10.1. The molecule has 1 unspecified atom stereocenters. The zero-order valence-electron chi connectivity index (χ0n) is 18.1. The van der Waals surface area contributed by atoms with Crippen LogP contribution in [0.4, 0.5) is 5.82 Å². The van der Waals surface area contributed by atoms with Crippen LogP contribution in [0.2, 0.25) is 10.0 Å². The summed E-state index contributed by atoms with van der Waals surface area (Å²) >= 11 is 12.6. The minimum Gasteiger partial charge on any atom is -0.376 e. The molecular formula is C25H27Cl2N3O. The average Bonchev–Trinajstić information content (AvgIpc) is 3.11. The van der Waals surface area contributed by atoms with Gasteiger partial charge in [0.15, 0.2) is 0 Å². The Balaban J connectivity index is 1.75. The van der Waals surface area contributed by atoms with Crippen LogP contribution in [0.15, 0.2) is 42.5 Å². The molecule has 1 N–H and O–H groups in total. The standard InChI is InChI=1S/C25H27Cl2N3O/c1-4-20-23(18-12-11-16(26)14-19(18)27)28-21(5-2)25(29-20)30-24-17-10-8-7-9-15(17)13-22(24)31-6-3/h7-12,14,22,24H,4-6,13H2,1-3H3,(H,29,30)/t22-,24?/m1/s1. The maximum absolute atomic E-state index is 6.49. The first-order chi connectivity index (χ1) is 15.0. The van der Waals surface area contributed by atoms with Gasteiger partial charge in [0, 0.05) is 23.6 Å². The van der Waals surface area contributed by atoms with E-state index >= 15 is 0 Å². The number of anilines is 1. The van der Waals surface area contributed by atoms with Gasteiger partial charge in [-0.05, 0) is 49.1 Å². The van der Waals surface area contributed by atoms with Crippen LogP contribution in [0, 0.1) is 0 Å². The van der Waals surface area contributed by atoms with Crippen molar-refractivity contribution in [1.82, 2.24) is 9.97 Å². The van der Waals surface area contributed by atoms with Gasteiger partial charge in [-0.15, -0.1) is 0 Å². The lowest BCUT2D eigenvalue weighted by Gasteiger charge is -2.24. The molecule has 162 valence electrons. The fourth-order valence-electron chi connectivity index (χ4n) is 4.26. The summed E-state index contributed by atoms with van der Waals surface area (Å²) in [6, 6.07) is 14.1. The van der Waals surface area contributed by atoms with Gasteiger partial charge < -0.3 is 10.1 Å². The van der Waals surface area contributed by atoms with E-state index in [2.05, 4.69) is 43.4 Å². The first-order valence-electron chi connectivity index (χ1n) is 10.9. The molecule has 0 radical (unpaired) electrons. The Hall–Kier alpha value is -2.14. The third-order valence-electron chi connectivity index (χ3n) is 5.75. The van der Waals surface area contributed by atoms with Gasteiger partial charge >= 0.3 is 0 Å². The van der Waals surface area contributed by atoms with Gasteiger partial charge in [0.2, 0.25) is 0 Å². The van der Waals surface area contributed by atoms with Gasteiger partial charge in [0.25, 0.3) is 0 Å². The quantitative estimate of drug-likeness (QED) is 0.430. The van der Waals surface area contributed by atoms with Crippen molar-refractivity contribution in [3.63, 3.8) is 0 Å². The number of aromatic nitrogens is 2. The predicted octanol–water partition coefficient (Wildman–Crippen LogP) is 6.69. The second-order valence-corrected chi connectivity index (χ2v) is 8.51. The monoisotopic (exact) mass is 455 g/mol. The van der Waals surface area contributed by atoms with E-state index in [9.17, 15) is 0 Å². The normalized spacial score (nSPS) is 17.6. The maximum Gasteiger partial charge on any atom is 0.148 e. The second-order valence-electron chi connectivity index (χ2n) is 7.66. The highest BCUT2D eigenvalue weighted by molar-refractivity contribution is 6.36. The molecule has 0 saturated heterocycles. The van der Waals surface area contributed by atoms with Crippen molar-refractivity contribution < 1.29 is 4.74 Å². The number of aryl methyl sites for hydroxylation is 2. The number of nitrogens with one attached hydrogen (secondary N) is 1. The highest BCUT2D eigenvalue weighted by Gasteiger charge is 2.33. The summed E-state index contributed by atoms with van der Waals surface area (Å²) in [7, 11) is 0. The smallest absolute Gasteiger partial charge is 0.148 e. The van der Waals surface area contributed by atoms with Crippen molar-refractivity contribution >= 4 is 29.0 Å². The van der Waals surface area contributed by atoms with E-state index in [0.29, 0.717) is 16.7 Å². The fourth-order valence-corrected chi connectivity index (χ4v) is 4.75.